The second-order valence-electron chi connectivity index (χ2n) is 5.68. The Bertz CT molecular complexity index is 699. The number of rotatable bonds is 7. The zero-order valence-electron chi connectivity index (χ0n) is 13.8. The van der Waals surface area contributed by atoms with E-state index in [0.717, 1.165) is 11.1 Å². The summed E-state index contributed by atoms with van der Waals surface area (Å²) in [4.78, 5) is 24.0. The third-order valence-corrected chi connectivity index (χ3v) is 3.61. The molecule has 2 amide bonds. The van der Waals surface area contributed by atoms with E-state index in [1.54, 1.807) is 6.07 Å². The van der Waals surface area contributed by atoms with Gasteiger partial charge in [-0.2, -0.15) is 0 Å². The Morgan fingerprint density at radius 3 is 2.46 bits per heavy atom. The number of aryl methyl sites for hydroxylation is 1. The van der Waals surface area contributed by atoms with E-state index in [-0.39, 0.29) is 11.8 Å². The fourth-order valence-electron chi connectivity index (χ4n) is 2.30. The van der Waals surface area contributed by atoms with E-state index in [1.165, 1.54) is 0 Å². The van der Waals surface area contributed by atoms with Crippen molar-refractivity contribution in [2.75, 3.05) is 17.2 Å². The van der Waals surface area contributed by atoms with Crippen molar-refractivity contribution in [3.63, 3.8) is 0 Å². The van der Waals surface area contributed by atoms with Gasteiger partial charge in [0.25, 0.3) is 0 Å². The fraction of sp³-hybridized carbons (Fsp3) is 0.263. The first-order chi connectivity index (χ1) is 11.6. The molecule has 0 atom stereocenters. The van der Waals surface area contributed by atoms with Crippen molar-refractivity contribution in [3.8, 4) is 0 Å². The minimum atomic E-state index is -0.0922. The van der Waals surface area contributed by atoms with Crippen molar-refractivity contribution < 1.29 is 9.59 Å². The third kappa shape index (κ3) is 5.52. The Hall–Kier alpha value is -2.66. The molecule has 0 fully saturated rings. The highest BCUT2D eigenvalue weighted by Crippen LogP contribution is 2.21. The van der Waals surface area contributed by atoms with E-state index in [1.807, 2.05) is 49.4 Å². The molecule has 0 unspecified atom stereocenters. The number of nitrogens with two attached hydrogens (primary N) is 1. The standard InChI is InChI=1S/C19H23N3O2/c1-14-9-10-16(13-17(14)22-18(23)8-5-11-20)21-19(24)12-15-6-3-2-4-7-15/h2-4,6-7,9-10,13H,5,8,11-12,20H2,1H3,(H,21,24)(H,22,23). The van der Waals surface area contributed by atoms with E-state index in [9.17, 15) is 9.59 Å². The summed E-state index contributed by atoms with van der Waals surface area (Å²) in [6.45, 7) is 2.40. The largest absolute Gasteiger partial charge is 0.330 e. The summed E-state index contributed by atoms with van der Waals surface area (Å²) in [6.07, 6.45) is 1.35. The molecule has 0 aliphatic carbocycles. The molecule has 0 bridgehead atoms. The van der Waals surface area contributed by atoms with Gasteiger partial charge in [0.1, 0.15) is 0 Å². The van der Waals surface area contributed by atoms with Crippen LogP contribution in [-0.2, 0) is 16.0 Å². The van der Waals surface area contributed by atoms with Crippen LogP contribution in [0.3, 0.4) is 0 Å². The van der Waals surface area contributed by atoms with Gasteiger partial charge in [0, 0.05) is 17.8 Å². The van der Waals surface area contributed by atoms with Crippen LogP contribution in [0.1, 0.15) is 24.0 Å². The molecular formula is C19H23N3O2. The molecule has 0 aromatic heterocycles. The lowest BCUT2D eigenvalue weighted by molar-refractivity contribution is -0.116. The maximum atomic E-state index is 12.1. The highest BCUT2D eigenvalue weighted by Gasteiger charge is 2.08. The monoisotopic (exact) mass is 325 g/mol. The Kier molecular flexibility index (Phi) is 6.51. The Labute approximate surface area is 142 Å². The van der Waals surface area contributed by atoms with Crippen molar-refractivity contribution in [1.82, 2.24) is 0 Å². The van der Waals surface area contributed by atoms with Gasteiger partial charge in [-0.1, -0.05) is 36.4 Å². The predicted molar refractivity (Wildman–Crippen MR) is 96.9 cm³/mol. The average Bonchev–Trinajstić information content (AvgIpc) is 2.57. The molecule has 24 heavy (non-hydrogen) atoms. The number of hydrogen-bond acceptors (Lipinski definition) is 3. The van der Waals surface area contributed by atoms with Crippen molar-refractivity contribution in [3.05, 3.63) is 59.7 Å². The number of anilines is 2. The van der Waals surface area contributed by atoms with Crippen molar-refractivity contribution >= 4 is 23.2 Å². The quantitative estimate of drug-likeness (QED) is 0.732. The second kappa shape index (κ2) is 8.84. The van der Waals surface area contributed by atoms with Gasteiger partial charge in [-0.05, 0) is 43.1 Å². The zero-order chi connectivity index (χ0) is 17.4. The van der Waals surface area contributed by atoms with Gasteiger partial charge >= 0.3 is 0 Å². The maximum Gasteiger partial charge on any atom is 0.228 e. The predicted octanol–water partition coefficient (Wildman–Crippen LogP) is 2.85. The summed E-state index contributed by atoms with van der Waals surface area (Å²) < 4.78 is 0. The molecule has 0 heterocycles. The van der Waals surface area contributed by atoms with Crippen LogP contribution >= 0.6 is 0 Å². The SMILES string of the molecule is Cc1ccc(NC(=O)Cc2ccccc2)cc1NC(=O)CCCN. The number of hydrogen-bond donors (Lipinski definition) is 3. The third-order valence-electron chi connectivity index (χ3n) is 3.61. The van der Waals surface area contributed by atoms with Crippen LogP contribution in [0.15, 0.2) is 48.5 Å². The number of benzene rings is 2. The molecule has 2 aromatic rings. The highest BCUT2D eigenvalue weighted by atomic mass is 16.2. The molecule has 0 spiro atoms. The second-order valence-corrected chi connectivity index (χ2v) is 5.68. The van der Waals surface area contributed by atoms with E-state index in [0.29, 0.717) is 37.2 Å². The van der Waals surface area contributed by atoms with Crippen LogP contribution in [-0.4, -0.2) is 18.4 Å². The molecule has 0 aliphatic rings. The fourth-order valence-corrected chi connectivity index (χ4v) is 2.30. The van der Waals surface area contributed by atoms with Crippen LogP contribution in [0.5, 0.6) is 0 Å². The Morgan fingerprint density at radius 2 is 1.75 bits per heavy atom. The molecule has 0 saturated carbocycles. The summed E-state index contributed by atoms with van der Waals surface area (Å²) in [7, 11) is 0. The minimum absolute atomic E-state index is 0.0729. The summed E-state index contributed by atoms with van der Waals surface area (Å²) in [5, 5.41) is 5.73. The summed E-state index contributed by atoms with van der Waals surface area (Å²) in [5.74, 6) is -0.165. The van der Waals surface area contributed by atoms with Gasteiger partial charge in [0.15, 0.2) is 0 Å². The van der Waals surface area contributed by atoms with E-state index >= 15 is 0 Å². The van der Waals surface area contributed by atoms with E-state index in [2.05, 4.69) is 10.6 Å². The van der Waals surface area contributed by atoms with Gasteiger partial charge in [-0.15, -0.1) is 0 Å². The van der Waals surface area contributed by atoms with Crippen LogP contribution < -0.4 is 16.4 Å². The maximum absolute atomic E-state index is 12.1. The van der Waals surface area contributed by atoms with E-state index < -0.39 is 0 Å². The average molecular weight is 325 g/mol. The van der Waals surface area contributed by atoms with Crippen molar-refractivity contribution in [2.45, 2.75) is 26.2 Å². The first-order valence-electron chi connectivity index (χ1n) is 8.03. The van der Waals surface area contributed by atoms with Crippen LogP contribution in [0.25, 0.3) is 0 Å². The number of nitrogens with one attached hydrogen (secondary N) is 2. The first kappa shape index (κ1) is 17.7. The minimum Gasteiger partial charge on any atom is -0.330 e. The Morgan fingerprint density at radius 1 is 1.00 bits per heavy atom. The lowest BCUT2D eigenvalue weighted by Gasteiger charge is -2.11. The molecule has 5 nitrogen and oxygen atoms in total. The van der Waals surface area contributed by atoms with Gasteiger partial charge in [-0.25, -0.2) is 0 Å². The molecule has 5 heteroatoms. The van der Waals surface area contributed by atoms with Crippen LogP contribution in [0, 0.1) is 6.92 Å². The zero-order valence-corrected chi connectivity index (χ0v) is 13.8. The van der Waals surface area contributed by atoms with Crippen LogP contribution in [0.2, 0.25) is 0 Å². The molecule has 2 rings (SSSR count). The summed E-state index contributed by atoms with van der Waals surface area (Å²) >= 11 is 0. The van der Waals surface area contributed by atoms with Crippen molar-refractivity contribution in [1.29, 1.82) is 0 Å². The van der Waals surface area contributed by atoms with Gasteiger partial charge in [0.2, 0.25) is 11.8 Å². The molecular weight excluding hydrogens is 302 g/mol. The van der Waals surface area contributed by atoms with Gasteiger partial charge in [0.05, 0.1) is 6.42 Å². The summed E-state index contributed by atoms with van der Waals surface area (Å²) in [5.41, 5.74) is 8.68. The lowest BCUT2D eigenvalue weighted by atomic mass is 10.1. The molecule has 0 saturated heterocycles. The molecule has 4 N–H and O–H groups in total. The number of amides is 2. The number of carbonyl (C=O) groups is 2. The molecule has 0 radical (unpaired) electrons. The number of carbonyl (C=O) groups excluding carboxylic acids is 2. The first-order valence-corrected chi connectivity index (χ1v) is 8.03. The van der Waals surface area contributed by atoms with Gasteiger partial charge in [-0.3, -0.25) is 9.59 Å². The Balaban J connectivity index is 1.99. The summed E-state index contributed by atoms with van der Waals surface area (Å²) in [6, 6.07) is 15.0. The van der Waals surface area contributed by atoms with Gasteiger partial charge < -0.3 is 16.4 Å². The lowest BCUT2D eigenvalue weighted by Crippen LogP contribution is -2.16. The van der Waals surface area contributed by atoms with E-state index in [4.69, 9.17) is 5.73 Å². The molecule has 126 valence electrons. The van der Waals surface area contributed by atoms with Crippen molar-refractivity contribution in [2.24, 2.45) is 5.73 Å². The van der Waals surface area contributed by atoms with Crippen LogP contribution in [0.4, 0.5) is 11.4 Å². The molecule has 2 aromatic carbocycles. The smallest absolute Gasteiger partial charge is 0.228 e. The highest BCUT2D eigenvalue weighted by molar-refractivity contribution is 5.95. The normalized spacial score (nSPS) is 10.2. The molecule has 0 aliphatic heterocycles. The topological polar surface area (TPSA) is 84.2 Å².